The Bertz CT molecular complexity index is 727. The molecule has 0 aliphatic carbocycles. The third-order valence-electron chi connectivity index (χ3n) is 4.27. The van der Waals surface area contributed by atoms with Crippen molar-refractivity contribution in [2.24, 2.45) is 0 Å². The Balaban J connectivity index is 1.90. The number of nitrogens with zero attached hydrogens (tertiary/aromatic N) is 1. The summed E-state index contributed by atoms with van der Waals surface area (Å²) in [6.45, 7) is 3.90. The SMILES string of the molecule is Cc1cc(N(Cc2ccccc2)Cc2ccccc2)ccc1CCl. The lowest BCUT2D eigenvalue weighted by Crippen LogP contribution is -2.22. The van der Waals surface area contributed by atoms with Crippen molar-refractivity contribution in [2.45, 2.75) is 25.9 Å². The number of alkyl halides is 1. The van der Waals surface area contributed by atoms with Crippen LogP contribution in [0.15, 0.2) is 78.9 Å². The van der Waals surface area contributed by atoms with E-state index in [-0.39, 0.29) is 0 Å². The first-order valence-electron chi connectivity index (χ1n) is 8.24. The molecule has 122 valence electrons. The van der Waals surface area contributed by atoms with Crippen molar-refractivity contribution in [1.82, 2.24) is 0 Å². The van der Waals surface area contributed by atoms with Gasteiger partial charge in [0, 0.05) is 24.7 Å². The fraction of sp³-hybridized carbons (Fsp3) is 0.182. The maximum Gasteiger partial charge on any atom is 0.0476 e. The summed E-state index contributed by atoms with van der Waals surface area (Å²) in [6, 6.07) is 27.8. The van der Waals surface area contributed by atoms with Gasteiger partial charge >= 0.3 is 0 Å². The number of benzene rings is 3. The summed E-state index contributed by atoms with van der Waals surface area (Å²) >= 11 is 6.01. The van der Waals surface area contributed by atoms with Crippen molar-refractivity contribution in [1.29, 1.82) is 0 Å². The molecule has 0 N–H and O–H groups in total. The van der Waals surface area contributed by atoms with Gasteiger partial charge in [0.1, 0.15) is 0 Å². The van der Waals surface area contributed by atoms with Crippen LogP contribution >= 0.6 is 11.6 Å². The van der Waals surface area contributed by atoms with E-state index in [1.54, 1.807) is 0 Å². The lowest BCUT2D eigenvalue weighted by molar-refractivity contribution is 0.799. The molecule has 0 atom stereocenters. The standard InChI is InChI=1S/C22H22ClN/c1-18-14-22(13-12-21(18)15-23)24(16-19-8-4-2-5-9-19)17-20-10-6-3-7-11-20/h2-14H,15-17H2,1H3. The van der Waals surface area contributed by atoms with Crippen LogP contribution in [0, 0.1) is 6.92 Å². The third kappa shape index (κ3) is 4.18. The molecule has 0 saturated carbocycles. The molecule has 0 fully saturated rings. The first-order chi connectivity index (χ1) is 11.8. The van der Waals surface area contributed by atoms with E-state index < -0.39 is 0 Å². The Labute approximate surface area is 149 Å². The van der Waals surface area contributed by atoms with Gasteiger partial charge < -0.3 is 4.90 Å². The molecular weight excluding hydrogens is 314 g/mol. The Kier molecular flexibility index (Phi) is 5.55. The molecule has 0 aliphatic rings. The van der Waals surface area contributed by atoms with E-state index >= 15 is 0 Å². The Morgan fingerprint density at radius 1 is 0.750 bits per heavy atom. The van der Waals surface area contributed by atoms with Crippen molar-refractivity contribution < 1.29 is 0 Å². The summed E-state index contributed by atoms with van der Waals surface area (Å²) in [7, 11) is 0. The van der Waals surface area contributed by atoms with Crippen molar-refractivity contribution in [3.63, 3.8) is 0 Å². The van der Waals surface area contributed by atoms with E-state index in [4.69, 9.17) is 11.6 Å². The molecule has 0 bridgehead atoms. The van der Waals surface area contributed by atoms with Crippen LogP contribution in [0.3, 0.4) is 0 Å². The van der Waals surface area contributed by atoms with Gasteiger partial charge in [-0.2, -0.15) is 0 Å². The summed E-state index contributed by atoms with van der Waals surface area (Å²) in [5, 5.41) is 0. The highest BCUT2D eigenvalue weighted by atomic mass is 35.5. The van der Waals surface area contributed by atoms with E-state index in [9.17, 15) is 0 Å². The molecule has 0 saturated heterocycles. The number of anilines is 1. The Morgan fingerprint density at radius 3 is 1.75 bits per heavy atom. The number of halogens is 1. The fourth-order valence-corrected chi connectivity index (χ4v) is 3.17. The topological polar surface area (TPSA) is 3.24 Å². The first kappa shape index (κ1) is 16.6. The Morgan fingerprint density at radius 2 is 1.29 bits per heavy atom. The number of hydrogen-bond donors (Lipinski definition) is 0. The molecule has 3 aromatic carbocycles. The van der Waals surface area contributed by atoms with Crippen LogP contribution in [0.4, 0.5) is 5.69 Å². The van der Waals surface area contributed by atoms with Gasteiger partial charge in [0.15, 0.2) is 0 Å². The second-order valence-corrected chi connectivity index (χ2v) is 6.34. The zero-order valence-electron chi connectivity index (χ0n) is 14.0. The second-order valence-electron chi connectivity index (χ2n) is 6.07. The molecule has 24 heavy (non-hydrogen) atoms. The highest BCUT2D eigenvalue weighted by Crippen LogP contribution is 2.24. The number of hydrogen-bond acceptors (Lipinski definition) is 1. The monoisotopic (exact) mass is 335 g/mol. The largest absolute Gasteiger partial charge is 0.363 e. The highest BCUT2D eigenvalue weighted by molar-refractivity contribution is 6.17. The smallest absolute Gasteiger partial charge is 0.0476 e. The molecule has 0 amide bonds. The van der Waals surface area contributed by atoms with Gasteiger partial charge in [0.25, 0.3) is 0 Å². The predicted octanol–water partition coefficient (Wildman–Crippen LogP) is 5.94. The number of rotatable bonds is 6. The average Bonchev–Trinajstić information content (AvgIpc) is 2.63. The molecular formula is C22H22ClN. The van der Waals surface area contributed by atoms with Crippen molar-refractivity contribution in [3.05, 3.63) is 101 Å². The second kappa shape index (κ2) is 8.03. The molecule has 0 aliphatic heterocycles. The maximum absolute atomic E-state index is 6.01. The normalized spacial score (nSPS) is 10.6. The van der Waals surface area contributed by atoms with Crippen LogP contribution in [-0.2, 0) is 19.0 Å². The summed E-state index contributed by atoms with van der Waals surface area (Å²) in [6.07, 6.45) is 0. The van der Waals surface area contributed by atoms with E-state index in [1.165, 1.54) is 27.9 Å². The van der Waals surface area contributed by atoms with Crippen LogP contribution < -0.4 is 4.90 Å². The molecule has 0 spiro atoms. The van der Waals surface area contributed by atoms with Crippen molar-refractivity contribution in [3.8, 4) is 0 Å². The van der Waals surface area contributed by atoms with Crippen molar-refractivity contribution in [2.75, 3.05) is 4.90 Å². The molecule has 0 heterocycles. The van der Waals surface area contributed by atoms with Crippen LogP contribution in [0.25, 0.3) is 0 Å². The van der Waals surface area contributed by atoms with Gasteiger partial charge in [0.05, 0.1) is 0 Å². The highest BCUT2D eigenvalue weighted by Gasteiger charge is 2.10. The number of aryl methyl sites for hydroxylation is 1. The quantitative estimate of drug-likeness (QED) is 0.504. The molecule has 2 heteroatoms. The van der Waals surface area contributed by atoms with E-state index in [0.29, 0.717) is 5.88 Å². The minimum atomic E-state index is 0.559. The minimum Gasteiger partial charge on any atom is -0.363 e. The van der Waals surface area contributed by atoms with E-state index in [0.717, 1.165) is 13.1 Å². The van der Waals surface area contributed by atoms with E-state index in [2.05, 4.69) is 90.7 Å². The van der Waals surface area contributed by atoms with Crippen LogP contribution in [0.5, 0.6) is 0 Å². The Hall–Kier alpha value is -2.25. The van der Waals surface area contributed by atoms with Gasteiger partial charge in [-0.1, -0.05) is 66.7 Å². The maximum atomic E-state index is 6.01. The molecule has 0 radical (unpaired) electrons. The van der Waals surface area contributed by atoms with E-state index in [1.807, 2.05) is 0 Å². The third-order valence-corrected chi connectivity index (χ3v) is 4.56. The molecule has 3 aromatic rings. The fourth-order valence-electron chi connectivity index (χ4n) is 2.87. The molecule has 1 nitrogen and oxygen atoms in total. The summed E-state index contributed by atoms with van der Waals surface area (Å²) in [4.78, 5) is 2.41. The molecule has 0 aromatic heterocycles. The van der Waals surface area contributed by atoms with Crippen molar-refractivity contribution >= 4 is 17.3 Å². The van der Waals surface area contributed by atoms with Gasteiger partial charge in [0.2, 0.25) is 0 Å². The van der Waals surface area contributed by atoms with Gasteiger partial charge in [-0.05, 0) is 41.3 Å². The average molecular weight is 336 g/mol. The van der Waals surface area contributed by atoms with Crippen LogP contribution in [0.1, 0.15) is 22.3 Å². The summed E-state index contributed by atoms with van der Waals surface area (Å²) in [5.41, 5.74) is 6.29. The van der Waals surface area contributed by atoms with Crippen LogP contribution in [0.2, 0.25) is 0 Å². The minimum absolute atomic E-state index is 0.559. The first-order valence-corrected chi connectivity index (χ1v) is 8.78. The summed E-state index contributed by atoms with van der Waals surface area (Å²) < 4.78 is 0. The van der Waals surface area contributed by atoms with Gasteiger partial charge in [-0.25, -0.2) is 0 Å². The lowest BCUT2D eigenvalue weighted by Gasteiger charge is -2.26. The molecule has 0 unspecified atom stereocenters. The van der Waals surface area contributed by atoms with Gasteiger partial charge in [-0.3, -0.25) is 0 Å². The zero-order valence-corrected chi connectivity index (χ0v) is 14.7. The zero-order chi connectivity index (χ0) is 16.8. The predicted molar refractivity (Wildman–Crippen MR) is 104 cm³/mol. The molecule has 3 rings (SSSR count). The van der Waals surface area contributed by atoms with Crippen LogP contribution in [-0.4, -0.2) is 0 Å². The summed E-state index contributed by atoms with van der Waals surface area (Å²) in [5.74, 6) is 0.559. The van der Waals surface area contributed by atoms with Gasteiger partial charge in [-0.15, -0.1) is 11.6 Å². The lowest BCUT2D eigenvalue weighted by atomic mass is 10.1.